The van der Waals surface area contributed by atoms with Crippen LogP contribution in [-0.2, 0) is 26.2 Å². The van der Waals surface area contributed by atoms with Crippen LogP contribution in [0.5, 0.6) is 0 Å². The van der Waals surface area contributed by atoms with Crippen LogP contribution in [0.3, 0.4) is 0 Å². The lowest BCUT2D eigenvalue weighted by atomic mass is 10.3. The minimum absolute atomic E-state index is 0.845. The molecule has 4 aromatic rings. The molecular weight excluding hydrogens is 432 g/mol. The fourth-order valence-electron chi connectivity index (χ4n) is 3.18. The minimum atomic E-state index is 0.845. The van der Waals surface area contributed by atoms with Crippen LogP contribution in [0.2, 0.25) is 0 Å². The summed E-state index contributed by atoms with van der Waals surface area (Å²) in [5.74, 6) is 0. The zero-order chi connectivity index (χ0) is 25.1. The molecule has 0 N–H and O–H groups in total. The molecule has 0 radical (unpaired) electrons. The first-order chi connectivity index (χ1) is 17.1. The molecule has 0 bridgehead atoms. The van der Waals surface area contributed by atoms with Gasteiger partial charge in [-0.1, -0.05) is 44.5 Å². The van der Waals surface area contributed by atoms with Gasteiger partial charge in [0.1, 0.15) is 0 Å². The molecular formula is C29H38N6. The van der Waals surface area contributed by atoms with E-state index in [0.717, 1.165) is 49.0 Å². The predicted octanol–water partition coefficient (Wildman–Crippen LogP) is 5.63. The Morgan fingerprint density at radius 3 is 0.857 bits per heavy atom. The zero-order valence-electron chi connectivity index (χ0n) is 21.5. The van der Waals surface area contributed by atoms with Crippen LogP contribution >= 0.6 is 0 Å². The summed E-state index contributed by atoms with van der Waals surface area (Å²) in [6.45, 7) is 7.63. The third kappa shape index (κ3) is 12.5. The second-order valence-corrected chi connectivity index (χ2v) is 8.34. The number of aromatic nitrogens is 4. The van der Waals surface area contributed by atoms with Gasteiger partial charge in [0.2, 0.25) is 0 Å². The lowest BCUT2D eigenvalue weighted by Gasteiger charge is -2.15. The highest BCUT2D eigenvalue weighted by molar-refractivity contribution is 5.07. The summed E-state index contributed by atoms with van der Waals surface area (Å²) in [6, 6.07) is 23.9. The lowest BCUT2D eigenvalue weighted by Crippen LogP contribution is -2.18. The lowest BCUT2D eigenvalue weighted by molar-refractivity contribution is 0.311. The van der Waals surface area contributed by atoms with Crippen molar-refractivity contribution in [3.63, 3.8) is 0 Å². The molecule has 4 aromatic heterocycles. The monoisotopic (exact) mass is 470 g/mol. The van der Waals surface area contributed by atoms with E-state index in [4.69, 9.17) is 0 Å². The summed E-state index contributed by atoms with van der Waals surface area (Å²) >= 11 is 0. The number of pyridine rings is 4. The fraction of sp³-hybridized carbons (Fsp3) is 0.310. The van der Waals surface area contributed by atoms with Gasteiger partial charge in [0.15, 0.2) is 0 Å². The number of rotatable bonds is 8. The van der Waals surface area contributed by atoms with Crippen LogP contribution in [0.15, 0.2) is 97.6 Å². The maximum atomic E-state index is 4.30. The molecule has 0 saturated carbocycles. The van der Waals surface area contributed by atoms with Gasteiger partial charge in [-0.25, -0.2) is 0 Å². The average Bonchev–Trinajstić information content (AvgIpc) is 2.87. The first-order valence-corrected chi connectivity index (χ1v) is 12.1. The summed E-state index contributed by atoms with van der Waals surface area (Å²) < 4.78 is 0. The van der Waals surface area contributed by atoms with E-state index in [1.807, 2.05) is 97.6 Å². The Morgan fingerprint density at radius 2 is 0.686 bits per heavy atom. The molecule has 0 spiro atoms. The van der Waals surface area contributed by atoms with Crippen molar-refractivity contribution in [2.75, 3.05) is 14.1 Å². The Morgan fingerprint density at radius 1 is 0.457 bits per heavy atom. The van der Waals surface area contributed by atoms with E-state index in [-0.39, 0.29) is 0 Å². The van der Waals surface area contributed by atoms with Crippen LogP contribution in [-0.4, -0.2) is 43.8 Å². The summed E-state index contributed by atoms with van der Waals surface area (Å²) in [5.41, 5.74) is 4.34. The molecule has 184 valence electrons. The maximum Gasteiger partial charge on any atom is 0.0543 e. The van der Waals surface area contributed by atoms with Gasteiger partial charge in [0.25, 0.3) is 0 Å². The van der Waals surface area contributed by atoms with E-state index < -0.39 is 0 Å². The first kappa shape index (κ1) is 27.8. The van der Waals surface area contributed by atoms with Gasteiger partial charge in [-0.15, -0.1) is 0 Å². The average molecular weight is 471 g/mol. The van der Waals surface area contributed by atoms with E-state index in [2.05, 4.69) is 57.7 Å². The van der Waals surface area contributed by atoms with E-state index in [1.54, 1.807) is 0 Å². The van der Waals surface area contributed by atoms with Crippen LogP contribution in [0.1, 0.15) is 43.0 Å². The van der Waals surface area contributed by atoms with Crippen molar-refractivity contribution < 1.29 is 0 Å². The Bertz CT molecular complexity index is 846. The van der Waals surface area contributed by atoms with Crippen LogP contribution in [0.4, 0.5) is 0 Å². The molecule has 0 aromatic carbocycles. The van der Waals surface area contributed by atoms with Crippen molar-refractivity contribution >= 4 is 0 Å². The Balaban J connectivity index is 0.000000222. The molecule has 6 nitrogen and oxygen atoms in total. The van der Waals surface area contributed by atoms with Crippen LogP contribution < -0.4 is 0 Å². The van der Waals surface area contributed by atoms with Gasteiger partial charge >= 0.3 is 0 Å². The van der Waals surface area contributed by atoms with Crippen molar-refractivity contribution in [2.45, 2.75) is 46.4 Å². The summed E-state index contributed by atoms with van der Waals surface area (Å²) in [5, 5.41) is 0. The van der Waals surface area contributed by atoms with Crippen LogP contribution in [0, 0.1) is 0 Å². The van der Waals surface area contributed by atoms with E-state index in [0.29, 0.717) is 0 Å². The molecule has 0 aliphatic carbocycles. The minimum Gasteiger partial charge on any atom is -0.295 e. The summed E-state index contributed by atoms with van der Waals surface area (Å²) in [6.07, 6.45) is 8.54. The van der Waals surface area contributed by atoms with Crippen molar-refractivity contribution in [2.24, 2.45) is 0 Å². The van der Waals surface area contributed by atoms with Gasteiger partial charge in [0, 0.05) is 51.0 Å². The van der Waals surface area contributed by atoms with Crippen molar-refractivity contribution in [3.8, 4) is 0 Å². The predicted molar refractivity (Wildman–Crippen MR) is 143 cm³/mol. The molecule has 6 heteroatoms. The quantitative estimate of drug-likeness (QED) is 0.332. The van der Waals surface area contributed by atoms with Gasteiger partial charge < -0.3 is 0 Å². The summed E-state index contributed by atoms with van der Waals surface area (Å²) in [4.78, 5) is 21.6. The normalized spacial score (nSPS) is 10.2. The second kappa shape index (κ2) is 17.0. The fourth-order valence-corrected chi connectivity index (χ4v) is 3.18. The smallest absolute Gasteiger partial charge is 0.0543 e. The maximum absolute atomic E-state index is 4.30. The second-order valence-electron chi connectivity index (χ2n) is 8.34. The Labute approximate surface area is 210 Å². The van der Waals surface area contributed by atoms with E-state index in [9.17, 15) is 0 Å². The Hall–Kier alpha value is -3.48. The highest BCUT2D eigenvalue weighted by atomic mass is 15.1. The van der Waals surface area contributed by atoms with Gasteiger partial charge in [0.05, 0.1) is 22.8 Å². The topological polar surface area (TPSA) is 58.0 Å². The third-order valence-electron chi connectivity index (χ3n) is 4.63. The molecule has 4 rings (SSSR count). The van der Waals surface area contributed by atoms with Crippen LogP contribution in [0.25, 0.3) is 0 Å². The van der Waals surface area contributed by atoms with Crippen molar-refractivity contribution in [3.05, 3.63) is 120 Å². The largest absolute Gasteiger partial charge is 0.295 e. The van der Waals surface area contributed by atoms with Gasteiger partial charge in [-0.2, -0.15) is 0 Å². The van der Waals surface area contributed by atoms with E-state index >= 15 is 0 Å². The Kier molecular flexibility index (Phi) is 13.5. The molecule has 0 fully saturated rings. The highest BCUT2D eigenvalue weighted by Crippen LogP contribution is 2.04. The van der Waals surface area contributed by atoms with Gasteiger partial charge in [-0.05, 0) is 62.6 Å². The number of nitrogens with zero attached hydrogens (tertiary/aromatic N) is 6. The molecule has 4 heterocycles. The molecule has 35 heavy (non-hydrogen) atoms. The number of hydrogen-bond acceptors (Lipinski definition) is 6. The highest BCUT2D eigenvalue weighted by Gasteiger charge is 2.03. The summed E-state index contributed by atoms with van der Waals surface area (Å²) in [7, 11) is 4.15. The molecule has 0 aliphatic heterocycles. The first-order valence-electron chi connectivity index (χ1n) is 12.1. The standard InChI is InChI=1S/2C13H15N3.C3H8/c2*1-16(10-12-6-2-4-8-14-12)11-13-7-3-5-9-15-13;1-3-2/h2*2-9H,10-11H2,1H3;3H2,1-2H3. The molecule has 0 aliphatic rings. The zero-order valence-corrected chi connectivity index (χ0v) is 21.5. The van der Waals surface area contributed by atoms with Gasteiger partial charge in [-0.3, -0.25) is 29.7 Å². The molecule has 0 atom stereocenters. The molecule has 0 saturated heterocycles. The van der Waals surface area contributed by atoms with E-state index in [1.165, 1.54) is 6.42 Å². The third-order valence-corrected chi connectivity index (χ3v) is 4.63. The molecule has 0 unspecified atom stereocenters. The molecule has 0 amide bonds. The number of hydrogen-bond donors (Lipinski definition) is 0. The SMILES string of the molecule is CCC.CN(Cc1ccccn1)Cc1ccccn1.CN(Cc1ccccn1)Cc1ccccn1. The van der Waals surface area contributed by atoms with Crippen molar-refractivity contribution in [1.29, 1.82) is 0 Å². The van der Waals surface area contributed by atoms with Crippen molar-refractivity contribution in [1.82, 2.24) is 29.7 Å².